The summed E-state index contributed by atoms with van der Waals surface area (Å²) >= 11 is 1.39. The van der Waals surface area contributed by atoms with Gasteiger partial charge in [0, 0.05) is 0 Å². The highest BCUT2D eigenvalue weighted by Gasteiger charge is 2.38. The number of rotatable bonds is 6. The average Bonchev–Trinajstić information content (AvgIpc) is 3.08. The molecule has 1 atom stereocenters. The summed E-state index contributed by atoms with van der Waals surface area (Å²) in [7, 11) is 0. The quantitative estimate of drug-likeness (QED) is 0.439. The summed E-state index contributed by atoms with van der Waals surface area (Å²) in [5.74, 6) is -0.0929. The van der Waals surface area contributed by atoms with Gasteiger partial charge in [-0.05, 0) is 23.1 Å². The lowest BCUT2D eigenvalue weighted by Crippen LogP contribution is -2.28. The van der Waals surface area contributed by atoms with Crippen molar-refractivity contribution >= 4 is 35.3 Å². The molecule has 30 heavy (non-hydrogen) atoms. The minimum atomic E-state index is -0.286. The van der Waals surface area contributed by atoms with E-state index in [2.05, 4.69) is 15.3 Å². The highest BCUT2D eigenvalue weighted by atomic mass is 32.2. The van der Waals surface area contributed by atoms with Gasteiger partial charge < -0.3 is 0 Å². The van der Waals surface area contributed by atoms with Crippen molar-refractivity contribution < 1.29 is 4.79 Å². The Morgan fingerprint density at radius 1 is 0.800 bits per heavy atom. The number of hydrazone groups is 1. The lowest BCUT2D eigenvalue weighted by molar-refractivity contribution is -0.126. The third kappa shape index (κ3) is 5.10. The number of hydrogen-bond acceptors (Lipinski definition) is 5. The zero-order chi connectivity index (χ0) is 20.6. The van der Waals surface area contributed by atoms with Gasteiger partial charge in [-0.3, -0.25) is 4.79 Å². The molecule has 0 aliphatic carbocycles. The Morgan fingerprint density at radius 2 is 1.37 bits per heavy atom. The molecule has 1 aliphatic rings. The van der Waals surface area contributed by atoms with Crippen molar-refractivity contribution in [3.05, 3.63) is 108 Å². The summed E-state index contributed by atoms with van der Waals surface area (Å²) < 4.78 is 0. The van der Waals surface area contributed by atoms with E-state index >= 15 is 0 Å². The van der Waals surface area contributed by atoms with Crippen molar-refractivity contribution in [3.8, 4) is 0 Å². The summed E-state index contributed by atoms with van der Waals surface area (Å²) in [5, 5.41) is 14.4. The van der Waals surface area contributed by atoms with Crippen LogP contribution in [0.25, 0.3) is 0 Å². The number of carbonyl (C=O) groups is 1. The van der Waals surface area contributed by atoms with E-state index in [1.54, 1.807) is 12.4 Å². The van der Waals surface area contributed by atoms with E-state index in [-0.39, 0.29) is 11.2 Å². The molecule has 1 fully saturated rings. The first kappa shape index (κ1) is 19.8. The number of benzene rings is 3. The van der Waals surface area contributed by atoms with Crippen molar-refractivity contribution in [2.24, 2.45) is 15.3 Å². The van der Waals surface area contributed by atoms with Crippen LogP contribution in [0.4, 0.5) is 0 Å². The molecule has 1 aliphatic heterocycles. The van der Waals surface area contributed by atoms with Gasteiger partial charge in [0.1, 0.15) is 0 Å². The van der Waals surface area contributed by atoms with E-state index in [0.29, 0.717) is 11.6 Å². The number of amides is 1. The molecular formula is C24H20N4OS. The third-order valence-electron chi connectivity index (χ3n) is 4.45. The molecule has 0 N–H and O–H groups in total. The van der Waals surface area contributed by atoms with Crippen LogP contribution in [-0.2, 0) is 11.2 Å². The van der Waals surface area contributed by atoms with Crippen LogP contribution in [0.3, 0.4) is 0 Å². The normalized spacial score (nSPS) is 18.1. The van der Waals surface area contributed by atoms with Gasteiger partial charge in [0.2, 0.25) is 5.17 Å². The second-order valence-electron chi connectivity index (χ2n) is 6.64. The van der Waals surface area contributed by atoms with Gasteiger partial charge >= 0.3 is 0 Å². The Labute approximate surface area is 179 Å². The maximum atomic E-state index is 13.0. The molecule has 148 valence electrons. The summed E-state index contributed by atoms with van der Waals surface area (Å²) in [4.78, 5) is 13.0. The topological polar surface area (TPSA) is 57.4 Å². The number of carbonyl (C=O) groups excluding carboxylic acids is 1. The van der Waals surface area contributed by atoms with Crippen molar-refractivity contribution in [3.63, 3.8) is 0 Å². The monoisotopic (exact) mass is 412 g/mol. The molecular weight excluding hydrogens is 392 g/mol. The number of thioether (sulfide) groups is 1. The third-order valence-corrected chi connectivity index (χ3v) is 5.57. The van der Waals surface area contributed by atoms with Crippen molar-refractivity contribution in [2.75, 3.05) is 0 Å². The van der Waals surface area contributed by atoms with Gasteiger partial charge in [0.25, 0.3) is 5.91 Å². The van der Waals surface area contributed by atoms with Gasteiger partial charge in [-0.15, -0.1) is 5.10 Å². The molecule has 4 rings (SSSR count). The Hall–Kier alpha value is -3.51. The smallest absolute Gasteiger partial charge is 0.263 e. The van der Waals surface area contributed by atoms with Crippen LogP contribution in [-0.4, -0.2) is 33.8 Å². The molecule has 3 aromatic rings. The molecule has 5 nitrogen and oxygen atoms in total. The van der Waals surface area contributed by atoms with Gasteiger partial charge in [-0.2, -0.15) is 15.2 Å². The fourth-order valence-electron chi connectivity index (χ4n) is 2.94. The van der Waals surface area contributed by atoms with E-state index in [4.69, 9.17) is 0 Å². The molecule has 1 heterocycles. The second-order valence-corrected chi connectivity index (χ2v) is 7.81. The zero-order valence-electron chi connectivity index (χ0n) is 16.2. The minimum Gasteiger partial charge on any atom is -0.271 e. The summed E-state index contributed by atoms with van der Waals surface area (Å²) in [6.45, 7) is 0. The Morgan fingerprint density at radius 3 is 2.00 bits per heavy atom. The molecule has 0 unspecified atom stereocenters. The number of hydrogen-bond donors (Lipinski definition) is 0. The largest absolute Gasteiger partial charge is 0.271 e. The highest BCUT2D eigenvalue weighted by molar-refractivity contribution is 8.15. The predicted molar refractivity (Wildman–Crippen MR) is 124 cm³/mol. The van der Waals surface area contributed by atoms with Crippen molar-refractivity contribution in [1.29, 1.82) is 0 Å². The fraction of sp³-hybridized carbons (Fsp3) is 0.0833. The first-order valence-electron chi connectivity index (χ1n) is 9.59. The molecule has 0 spiro atoms. The van der Waals surface area contributed by atoms with Crippen LogP contribution in [0.5, 0.6) is 0 Å². The van der Waals surface area contributed by atoms with Gasteiger partial charge in [-0.25, -0.2) is 0 Å². The maximum Gasteiger partial charge on any atom is 0.263 e. The molecule has 1 saturated heterocycles. The molecule has 3 aromatic carbocycles. The van der Waals surface area contributed by atoms with E-state index in [1.807, 2.05) is 91.0 Å². The lowest BCUT2D eigenvalue weighted by Gasteiger charge is -2.09. The molecule has 0 aromatic heterocycles. The summed E-state index contributed by atoms with van der Waals surface area (Å²) in [5.41, 5.74) is 2.95. The first-order valence-corrected chi connectivity index (χ1v) is 10.5. The van der Waals surface area contributed by atoms with Crippen LogP contribution in [0, 0.1) is 0 Å². The fourth-order valence-corrected chi connectivity index (χ4v) is 4.00. The molecule has 0 bridgehead atoms. The van der Waals surface area contributed by atoms with E-state index in [0.717, 1.165) is 16.7 Å². The SMILES string of the molecule is O=C1[C@@H](Cc2ccccc2)S/C(=N\N=C/c2ccccc2)N1/N=C\c1ccccc1. The number of amidine groups is 1. The van der Waals surface area contributed by atoms with Gasteiger partial charge in [-0.1, -0.05) is 103 Å². The van der Waals surface area contributed by atoms with Crippen LogP contribution < -0.4 is 0 Å². The summed E-state index contributed by atoms with van der Waals surface area (Å²) in [6.07, 6.45) is 3.95. The molecule has 6 heteroatoms. The van der Waals surface area contributed by atoms with Crippen LogP contribution in [0.1, 0.15) is 16.7 Å². The predicted octanol–water partition coefficient (Wildman–Crippen LogP) is 4.60. The molecule has 1 amide bonds. The van der Waals surface area contributed by atoms with Gasteiger partial charge in [0.15, 0.2) is 0 Å². The standard InChI is InChI=1S/C24H20N4OS/c29-23-22(16-19-10-4-1-5-11-19)30-24(27-25-17-20-12-6-2-7-13-20)28(23)26-18-21-14-8-3-9-15-21/h1-15,17-18,22H,16H2/b25-17-,26-18-,27-24-/t22-/m1/s1. The number of nitrogens with zero attached hydrogens (tertiary/aromatic N) is 4. The lowest BCUT2D eigenvalue weighted by atomic mass is 10.1. The maximum absolute atomic E-state index is 13.0. The van der Waals surface area contributed by atoms with Crippen LogP contribution >= 0.6 is 11.8 Å². The Balaban J connectivity index is 1.57. The first-order chi connectivity index (χ1) is 14.8. The van der Waals surface area contributed by atoms with Crippen molar-refractivity contribution in [1.82, 2.24) is 5.01 Å². The molecule has 0 saturated carbocycles. The van der Waals surface area contributed by atoms with E-state index < -0.39 is 0 Å². The molecule has 0 radical (unpaired) electrons. The van der Waals surface area contributed by atoms with E-state index in [1.165, 1.54) is 16.8 Å². The average molecular weight is 413 g/mol. The summed E-state index contributed by atoms with van der Waals surface area (Å²) in [6, 6.07) is 29.3. The Bertz CT molecular complexity index is 1070. The van der Waals surface area contributed by atoms with Crippen molar-refractivity contribution in [2.45, 2.75) is 11.7 Å². The van der Waals surface area contributed by atoms with Gasteiger partial charge in [0.05, 0.1) is 17.7 Å². The second kappa shape index (κ2) is 9.80. The Kier molecular flexibility index (Phi) is 6.47. The van der Waals surface area contributed by atoms with Crippen LogP contribution in [0.15, 0.2) is 106 Å². The van der Waals surface area contributed by atoms with Crippen LogP contribution in [0.2, 0.25) is 0 Å². The highest BCUT2D eigenvalue weighted by Crippen LogP contribution is 2.30. The van der Waals surface area contributed by atoms with E-state index in [9.17, 15) is 4.79 Å². The minimum absolute atomic E-state index is 0.0929. The zero-order valence-corrected chi connectivity index (χ0v) is 17.0.